The summed E-state index contributed by atoms with van der Waals surface area (Å²) in [4.78, 5) is 7.33. The van der Waals surface area contributed by atoms with Crippen LogP contribution in [0.4, 0.5) is 0 Å². The molecule has 1 aromatic carbocycles. The zero-order valence-electron chi connectivity index (χ0n) is 9.48. The zero-order chi connectivity index (χ0) is 11.4. The molecule has 1 heterocycles. The van der Waals surface area contributed by atoms with Crippen LogP contribution in [-0.4, -0.2) is 16.0 Å². The highest BCUT2D eigenvalue weighted by atomic mass is 14.9. The van der Waals surface area contributed by atoms with Crippen molar-refractivity contribution in [3.63, 3.8) is 0 Å². The normalized spacial score (nSPS) is 12.6. The van der Waals surface area contributed by atoms with E-state index in [4.69, 9.17) is 5.73 Å². The van der Waals surface area contributed by atoms with E-state index in [0.717, 1.165) is 24.2 Å². The summed E-state index contributed by atoms with van der Waals surface area (Å²) in [6.07, 6.45) is 3.44. The van der Waals surface area contributed by atoms with Crippen LogP contribution < -0.4 is 5.73 Å². The fraction of sp³-hybridized carbons (Fsp3) is 0.308. The van der Waals surface area contributed by atoms with E-state index in [0.29, 0.717) is 0 Å². The van der Waals surface area contributed by atoms with Gasteiger partial charge in [0.15, 0.2) is 0 Å². The Labute approximate surface area is 95.7 Å². The Kier molecular flexibility index (Phi) is 3.37. The van der Waals surface area contributed by atoms with Crippen molar-refractivity contribution >= 4 is 0 Å². The molecule has 3 nitrogen and oxygen atoms in total. The lowest BCUT2D eigenvalue weighted by atomic mass is 10.0. The first-order valence-electron chi connectivity index (χ1n) is 5.54. The molecule has 1 atom stereocenters. The molecule has 0 amide bonds. The van der Waals surface area contributed by atoms with Gasteiger partial charge in [0.1, 0.15) is 0 Å². The van der Waals surface area contributed by atoms with Gasteiger partial charge in [-0.3, -0.25) is 0 Å². The van der Waals surface area contributed by atoms with Gasteiger partial charge in [0, 0.05) is 18.2 Å². The lowest BCUT2D eigenvalue weighted by Gasteiger charge is -2.10. The Morgan fingerprint density at radius 2 is 2.00 bits per heavy atom. The highest BCUT2D eigenvalue weighted by Gasteiger charge is 2.08. The number of rotatable bonds is 4. The van der Waals surface area contributed by atoms with Gasteiger partial charge in [-0.25, -0.2) is 4.98 Å². The van der Waals surface area contributed by atoms with E-state index < -0.39 is 0 Å². The van der Waals surface area contributed by atoms with Crippen LogP contribution in [0.15, 0.2) is 36.7 Å². The summed E-state index contributed by atoms with van der Waals surface area (Å²) in [7, 11) is 0. The first-order valence-corrected chi connectivity index (χ1v) is 5.54. The largest absolute Gasteiger partial charge is 0.348 e. The molecule has 0 saturated carbocycles. The Balaban J connectivity index is 1.95. The topological polar surface area (TPSA) is 54.7 Å². The van der Waals surface area contributed by atoms with Gasteiger partial charge in [-0.1, -0.05) is 30.3 Å². The van der Waals surface area contributed by atoms with Crippen LogP contribution in [0.25, 0.3) is 0 Å². The third-order valence-electron chi connectivity index (χ3n) is 2.73. The van der Waals surface area contributed by atoms with Crippen molar-refractivity contribution in [1.29, 1.82) is 0 Å². The molecule has 0 spiro atoms. The molecule has 0 saturated heterocycles. The predicted molar refractivity (Wildman–Crippen MR) is 65.2 cm³/mol. The van der Waals surface area contributed by atoms with E-state index in [1.165, 1.54) is 5.56 Å². The van der Waals surface area contributed by atoms with Crippen molar-refractivity contribution in [3.8, 4) is 0 Å². The summed E-state index contributed by atoms with van der Waals surface area (Å²) in [6.45, 7) is 2.03. The van der Waals surface area contributed by atoms with Gasteiger partial charge in [0.05, 0.1) is 12.0 Å². The molecule has 16 heavy (non-hydrogen) atoms. The van der Waals surface area contributed by atoms with Crippen molar-refractivity contribution in [3.05, 3.63) is 53.6 Å². The second-order valence-electron chi connectivity index (χ2n) is 4.13. The summed E-state index contributed by atoms with van der Waals surface area (Å²) in [5, 5.41) is 0. The summed E-state index contributed by atoms with van der Waals surface area (Å²) >= 11 is 0. The first-order chi connectivity index (χ1) is 7.75. The van der Waals surface area contributed by atoms with Crippen molar-refractivity contribution in [2.45, 2.75) is 25.8 Å². The second-order valence-corrected chi connectivity index (χ2v) is 4.13. The number of aromatic nitrogens is 2. The maximum absolute atomic E-state index is 6.11. The highest BCUT2D eigenvalue weighted by Crippen LogP contribution is 2.08. The lowest BCUT2D eigenvalue weighted by molar-refractivity contribution is 0.654. The van der Waals surface area contributed by atoms with Crippen molar-refractivity contribution < 1.29 is 0 Å². The van der Waals surface area contributed by atoms with Gasteiger partial charge in [-0.05, 0) is 18.9 Å². The van der Waals surface area contributed by atoms with Gasteiger partial charge in [-0.2, -0.15) is 0 Å². The molecule has 84 valence electrons. The third-order valence-corrected chi connectivity index (χ3v) is 2.73. The molecule has 2 rings (SSSR count). The van der Waals surface area contributed by atoms with Gasteiger partial charge in [0.25, 0.3) is 0 Å². The van der Waals surface area contributed by atoms with E-state index in [9.17, 15) is 0 Å². The first kappa shape index (κ1) is 10.9. The lowest BCUT2D eigenvalue weighted by Crippen LogP contribution is -2.26. The van der Waals surface area contributed by atoms with E-state index in [2.05, 4.69) is 22.1 Å². The van der Waals surface area contributed by atoms with Gasteiger partial charge in [-0.15, -0.1) is 0 Å². The Bertz CT molecular complexity index is 433. The fourth-order valence-electron chi connectivity index (χ4n) is 1.83. The predicted octanol–water partition coefficient (Wildman–Crippen LogP) is 1.83. The minimum Gasteiger partial charge on any atom is -0.348 e. The summed E-state index contributed by atoms with van der Waals surface area (Å²) in [5.74, 6) is 0. The number of nitrogens with one attached hydrogen (secondary N) is 1. The minimum atomic E-state index is 0.129. The number of aryl methyl sites for hydroxylation is 1. The number of nitrogens with zero attached hydrogens (tertiary/aromatic N) is 1. The van der Waals surface area contributed by atoms with Crippen LogP contribution in [-0.2, 0) is 12.8 Å². The van der Waals surface area contributed by atoms with Crippen molar-refractivity contribution in [1.82, 2.24) is 9.97 Å². The number of hydrogen-bond donors (Lipinski definition) is 2. The van der Waals surface area contributed by atoms with E-state index in [-0.39, 0.29) is 6.04 Å². The molecule has 1 aromatic heterocycles. The molecule has 2 aromatic rings. The number of benzene rings is 1. The Hall–Kier alpha value is -1.61. The quantitative estimate of drug-likeness (QED) is 0.817. The molecule has 0 aliphatic heterocycles. The molecule has 0 aliphatic carbocycles. The SMILES string of the molecule is Cc1[nH]cnc1CC(N)Cc1ccccc1. The Morgan fingerprint density at radius 3 is 2.62 bits per heavy atom. The average molecular weight is 215 g/mol. The third kappa shape index (κ3) is 2.70. The van der Waals surface area contributed by atoms with Crippen molar-refractivity contribution in [2.24, 2.45) is 5.73 Å². The van der Waals surface area contributed by atoms with Crippen LogP contribution in [0.5, 0.6) is 0 Å². The number of imidazole rings is 1. The fourth-order valence-corrected chi connectivity index (χ4v) is 1.83. The minimum absolute atomic E-state index is 0.129. The van der Waals surface area contributed by atoms with Crippen LogP contribution in [0, 0.1) is 6.92 Å². The molecule has 0 radical (unpaired) electrons. The maximum Gasteiger partial charge on any atom is 0.0925 e. The number of nitrogens with two attached hydrogens (primary N) is 1. The number of hydrogen-bond acceptors (Lipinski definition) is 2. The van der Waals surface area contributed by atoms with Gasteiger partial charge < -0.3 is 10.7 Å². The van der Waals surface area contributed by atoms with Crippen LogP contribution in [0.1, 0.15) is 17.0 Å². The molecule has 3 heteroatoms. The van der Waals surface area contributed by atoms with Crippen LogP contribution >= 0.6 is 0 Å². The molecule has 0 fully saturated rings. The highest BCUT2D eigenvalue weighted by molar-refractivity contribution is 5.17. The van der Waals surface area contributed by atoms with E-state index >= 15 is 0 Å². The number of H-pyrrole nitrogens is 1. The zero-order valence-corrected chi connectivity index (χ0v) is 9.48. The van der Waals surface area contributed by atoms with Crippen molar-refractivity contribution in [2.75, 3.05) is 0 Å². The van der Waals surface area contributed by atoms with Gasteiger partial charge >= 0.3 is 0 Å². The molecule has 3 N–H and O–H groups in total. The monoisotopic (exact) mass is 215 g/mol. The van der Waals surface area contributed by atoms with Gasteiger partial charge in [0.2, 0.25) is 0 Å². The van der Waals surface area contributed by atoms with Crippen LogP contribution in [0.2, 0.25) is 0 Å². The maximum atomic E-state index is 6.11. The smallest absolute Gasteiger partial charge is 0.0925 e. The standard InChI is InChI=1S/C13H17N3/c1-10-13(16-9-15-10)8-12(14)7-11-5-3-2-4-6-11/h2-6,9,12H,7-8,14H2,1H3,(H,15,16). The van der Waals surface area contributed by atoms with E-state index in [1.54, 1.807) is 6.33 Å². The molecule has 1 unspecified atom stereocenters. The number of aromatic amines is 1. The molecular weight excluding hydrogens is 198 g/mol. The van der Waals surface area contributed by atoms with Crippen LogP contribution in [0.3, 0.4) is 0 Å². The average Bonchev–Trinajstić information content (AvgIpc) is 2.66. The summed E-state index contributed by atoms with van der Waals surface area (Å²) < 4.78 is 0. The molecule has 0 bridgehead atoms. The second kappa shape index (κ2) is 4.94. The Morgan fingerprint density at radius 1 is 1.25 bits per heavy atom. The molecule has 0 aliphatic rings. The molecular formula is C13H17N3. The summed E-state index contributed by atoms with van der Waals surface area (Å²) in [5.41, 5.74) is 9.58. The summed E-state index contributed by atoms with van der Waals surface area (Å²) in [6, 6.07) is 10.5. The van der Waals surface area contributed by atoms with E-state index in [1.807, 2.05) is 25.1 Å².